The molecule has 0 aliphatic carbocycles. The van der Waals surface area contributed by atoms with E-state index in [4.69, 9.17) is 23.2 Å². The van der Waals surface area contributed by atoms with E-state index in [1.807, 2.05) is 11.9 Å². The minimum Gasteiger partial charge on any atom is -0.362 e. The third kappa shape index (κ3) is 4.58. The molecule has 0 atom stereocenters. The Bertz CT molecular complexity index is 1010. The zero-order valence-corrected chi connectivity index (χ0v) is 16.6. The van der Waals surface area contributed by atoms with E-state index >= 15 is 0 Å². The first kappa shape index (κ1) is 19.6. The normalized spacial score (nSPS) is 16.0. The topological polar surface area (TPSA) is 91.7 Å². The smallest absolute Gasteiger partial charge is 0.283 e. The van der Waals surface area contributed by atoms with Gasteiger partial charge in [-0.3, -0.25) is 4.79 Å². The van der Waals surface area contributed by atoms with E-state index in [9.17, 15) is 13.2 Å². The molecule has 27 heavy (non-hydrogen) atoms. The first-order valence-electron chi connectivity index (χ1n) is 8.04. The highest BCUT2D eigenvalue weighted by Gasteiger charge is 2.20. The summed E-state index contributed by atoms with van der Waals surface area (Å²) in [5, 5.41) is 2.92. The van der Waals surface area contributed by atoms with Gasteiger partial charge in [0.05, 0.1) is 15.5 Å². The van der Waals surface area contributed by atoms with Gasteiger partial charge in [0.1, 0.15) is 11.0 Å². The average molecular weight is 427 g/mol. The molecule has 1 aliphatic rings. The summed E-state index contributed by atoms with van der Waals surface area (Å²) in [6.45, 7) is 0.795. The van der Waals surface area contributed by atoms with Gasteiger partial charge in [-0.2, -0.15) is 8.42 Å². The van der Waals surface area contributed by atoms with E-state index in [1.54, 1.807) is 0 Å². The van der Waals surface area contributed by atoms with Gasteiger partial charge in [0.25, 0.3) is 15.9 Å². The molecule has 0 bridgehead atoms. The van der Waals surface area contributed by atoms with Gasteiger partial charge in [-0.25, -0.2) is 4.98 Å². The molecular weight excluding hydrogens is 411 g/mol. The number of aromatic nitrogens is 1. The molecule has 2 heterocycles. The van der Waals surface area contributed by atoms with Crippen LogP contribution in [0.4, 0.5) is 5.69 Å². The molecule has 1 N–H and O–H groups in total. The third-order valence-electron chi connectivity index (χ3n) is 4.03. The van der Waals surface area contributed by atoms with Crippen LogP contribution in [0.15, 0.2) is 45.8 Å². The molecule has 0 spiro atoms. The van der Waals surface area contributed by atoms with Crippen molar-refractivity contribution in [1.29, 1.82) is 0 Å². The van der Waals surface area contributed by atoms with Gasteiger partial charge < -0.3 is 10.2 Å². The molecule has 1 aromatic carbocycles. The van der Waals surface area contributed by atoms with Crippen LogP contribution in [0.5, 0.6) is 0 Å². The monoisotopic (exact) mass is 426 g/mol. The Hall–Kier alpha value is -2.16. The van der Waals surface area contributed by atoms with Crippen molar-refractivity contribution in [2.75, 3.05) is 18.9 Å². The highest BCUT2D eigenvalue weighted by molar-refractivity contribution is 7.90. The SMILES string of the molecule is CN1CCC/C1=N/S(=O)(=O)c1ccc(NC(=O)c2cnc(Cl)c(Cl)c2)cc1. The maximum Gasteiger partial charge on any atom is 0.283 e. The first-order valence-corrected chi connectivity index (χ1v) is 10.2. The second-order valence-electron chi connectivity index (χ2n) is 5.98. The van der Waals surface area contributed by atoms with Crippen molar-refractivity contribution in [3.05, 3.63) is 52.3 Å². The molecule has 10 heteroatoms. The van der Waals surface area contributed by atoms with Gasteiger partial charge in [-0.05, 0) is 36.8 Å². The second kappa shape index (κ2) is 7.84. The van der Waals surface area contributed by atoms with Crippen molar-refractivity contribution >= 4 is 50.7 Å². The van der Waals surface area contributed by atoms with Gasteiger partial charge in [0.15, 0.2) is 0 Å². The predicted octanol–water partition coefficient (Wildman–Crippen LogP) is 3.45. The number of benzene rings is 1. The van der Waals surface area contributed by atoms with Crippen LogP contribution < -0.4 is 5.32 Å². The zero-order valence-electron chi connectivity index (χ0n) is 14.3. The summed E-state index contributed by atoms with van der Waals surface area (Å²) in [4.78, 5) is 17.9. The predicted molar refractivity (Wildman–Crippen MR) is 105 cm³/mol. The van der Waals surface area contributed by atoms with Crippen molar-refractivity contribution in [1.82, 2.24) is 9.88 Å². The Balaban J connectivity index is 1.75. The molecule has 2 aromatic rings. The first-order chi connectivity index (χ1) is 12.8. The number of amidine groups is 1. The van der Waals surface area contributed by atoms with Gasteiger partial charge >= 0.3 is 0 Å². The summed E-state index contributed by atoms with van der Waals surface area (Å²) in [5.41, 5.74) is 0.660. The average Bonchev–Trinajstić information content (AvgIpc) is 3.02. The lowest BCUT2D eigenvalue weighted by Crippen LogP contribution is -2.20. The van der Waals surface area contributed by atoms with Gasteiger partial charge in [-0.15, -0.1) is 4.40 Å². The lowest BCUT2D eigenvalue weighted by atomic mass is 10.2. The lowest BCUT2D eigenvalue weighted by molar-refractivity contribution is 0.102. The molecule has 0 radical (unpaired) electrons. The van der Waals surface area contributed by atoms with Crippen molar-refractivity contribution in [2.24, 2.45) is 4.40 Å². The summed E-state index contributed by atoms with van der Waals surface area (Å²) in [6, 6.07) is 7.19. The molecule has 1 aliphatic heterocycles. The largest absolute Gasteiger partial charge is 0.362 e. The van der Waals surface area contributed by atoms with E-state index < -0.39 is 15.9 Å². The minimum atomic E-state index is -3.79. The number of nitrogens with one attached hydrogen (secondary N) is 1. The van der Waals surface area contributed by atoms with E-state index in [-0.39, 0.29) is 20.6 Å². The number of halogens is 2. The summed E-state index contributed by atoms with van der Waals surface area (Å²) >= 11 is 11.6. The molecule has 1 fully saturated rings. The quantitative estimate of drug-likeness (QED) is 0.755. The van der Waals surface area contributed by atoms with E-state index in [0.717, 1.165) is 13.0 Å². The summed E-state index contributed by atoms with van der Waals surface area (Å²) < 4.78 is 28.7. The number of carbonyl (C=O) groups is 1. The summed E-state index contributed by atoms with van der Waals surface area (Å²) in [7, 11) is -1.98. The van der Waals surface area contributed by atoms with Crippen LogP contribution in [0.25, 0.3) is 0 Å². The molecule has 1 aromatic heterocycles. The molecule has 1 saturated heterocycles. The number of pyridine rings is 1. The molecule has 3 rings (SSSR count). The Kier molecular flexibility index (Phi) is 5.69. The van der Waals surface area contributed by atoms with Crippen LogP contribution in [-0.4, -0.2) is 43.6 Å². The number of likely N-dealkylation sites (tertiary alicyclic amines) is 1. The van der Waals surface area contributed by atoms with Crippen LogP contribution >= 0.6 is 23.2 Å². The molecule has 1 amide bonds. The number of carbonyl (C=O) groups excluding carboxylic acids is 1. The van der Waals surface area contributed by atoms with E-state index in [1.165, 1.54) is 36.5 Å². The maximum atomic E-state index is 12.4. The van der Waals surface area contributed by atoms with Crippen LogP contribution in [0.2, 0.25) is 10.2 Å². The summed E-state index contributed by atoms with van der Waals surface area (Å²) in [5.74, 6) is 0.115. The molecule has 0 unspecified atom stereocenters. The minimum absolute atomic E-state index is 0.0597. The van der Waals surface area contributed by atoms with Crippen LogP contribution in [0.3, 0.4) is 0 Å². The third-order valence-corrected chi connectivity index (χ3v) is 6.03. The fraction of sp³-hybridized carbons (Fsp3) is 0.235. The standard InChI is InChI=1S/C17H16Cl2N4O3S/c1-23-8-2-3-15(23)22-27(25,26)13-6-4-12(5-7-13)21-17(24)11-9-14(18)16(19)20-10-11/h4-7,9-10H,2-3,8H2,1H3,(H,21,24)/b22-15-. The fourth-order valence-corrected chi connectivity index (χ4v) is 3.92. The lowest BCUT2D eigenvalue weighted by Gasteiger charge is -2.11. The number of nitrogens with zero attached hydrogens (tertiary/aromatic N) is 3. The summed E-state index contributed by atoms with van der Waals surface area (Å²) in [6.07, 6.45) is 2.83. The second-order valence-corrected chi connectivity index (χ2v) is 8.35. The number of rotatable bonds is 4. The molecule has 0 saturated carbocycles. The van der Waals surface area contributed by atoms with E-state index in [0.29, 0.717) is 17.9 Å². The Morgan fingerprint density at radius 1 is 1.26 bits per heavy atom. The number of amides is 1. The Morgan fingerprint density at radius 3 is 2.56 bits per heavy atom. The molecule has 142 valence electrons. The molecular formula is C17H16Cl2N4O3S. The Labute approximate surface area is 167 Å². The highest BCUT2D eigenvalue weighted by atomic mass is 35.5. The van der Waals surface area contributed by atoms with Crippen LogP contribution in [0, 0.1) is 0 Å². The van der Waals surface area contributed by atoms with Crippen molar-refractivity contribution in [3.63, 3.8) is 0 Å². The fourth-order valence-electron chi connectivity index (χ4n) is 2.56. The van der Waals surface area contributed by atoms with Crippen molar-refractivity contribution < 1.29 is 13.2 Å². The van der Waals surface area contributed by atoms with Gasteiger partial charge in [0.2, 0.25) is 0 Å². The van der Waals surface area contributed by atoms with Gasteiger partial charge in [-0.1, -0.05) is 23.2 Å². The van der Waals surface area contributed by atoms with Crippen LogP contribution in [-0.2, 0) is 10.0 Å². The number of anilines is 1. The number of sulfonamides is 1. The van der Waals surface area contributed by atoms with Crippen LogP contribution in [0.1, 0.15) is 23.2 Å². The van der Waals surface area contributed by atoms with E-state index in [2.05, 4.69) is 14.7 Å². The highest BCUT2D eigenvalue weighted by Crippen LogP contribution is 2.22. The van der Waals surface area contributed by atoms with Crippen molar-refractivity contribution in [2.45, 2.75) is 17.7 Å². The maximum absolute atomic E-state index is 12.4. The molecule has 7 nitrogen and oxygen atoms in total. The van der Waals surface area contributed by atoms with Gasteiger partial charge in [0, 0.05) is 31.9 Å². The zero-order chi connectivity index (χ0) is 19.6. The Morgan fingerprint density at radius 2 is 1.96 bits per heavy atom. The van der Waals surface area contributed by atoms with Crippen molar-refractivity contribution in [3.8, 4) is 0 Å². The number of hydrogen-bond acceptors (Lipinski definition) is 4. The number of hydrogen-bond donors (Lipinski definition) is 1.